The van der Waals surface area contributed by atoms with Gasteiger partial charge >= 0.3 is 11.9 Å². The molecule has 29 heavy (non-hydrogen) atoms. The lowest BCUT2D eigenvalue weighted by Crippen LogP contribution is -2.44. The van der Waals surface area contributed by atoms with E-state index in [1.165, 1.54) is 15.8 Å². The molecule has 2 N–H and O–H groups in total. The number of likely N-dealkylation sites (N-methyl/N-ethyl adjacent to an activating group) is 1. The molecule has 10 heteroatoms. The van der Waals surface area contributed by atoms with E-state index in [0.29, 0.717) is 30.0 Å². The summed E-state index contributed by atoms with van der Waals surface area (Å²) in [4.78, 5) is 39.9. The van der Waals surface area contributed by atoms with Gasteiger partial charge in [0.1, 0.15) is 16.2 Å². The van der Waals surface area contributed by atoms with E-state index in [1.54, 1.807) is 0 Å². The van der Waals surface area contributed by atoms with Crippen LogP contribution in [0, 0.1) is 5.82 Å². The number of piperazine rings is 1. The monoisotopic (exact) mass is 419 g/mol. The van der Waals surface area contributed by atoms with Crippen molar-refractivity contribution in [2.24, 2.45) is 0 Å². The number of halogens is 1. The fraction of sp³-hybridized carbons (Fsp3) is 0.316. The van der Waals surface area contributed by atoms with Gasteiger partial charge in [-0.15, -0.1) is 11.3 Å². The highest BCUT2D eigenvalue weighted by atomic mass is 32.1. The standard InChI is InChI=1S/C19H18FN3O5S/c1-21-2-4-22(5-3-21)14-8-13-11(7-12(14)20)17(26)16(19(27)28)18-23(13)10(9-29-18)6-15(24)25/h7-9H,2-6H2,1H3,(H,24,25)(H,27,28). The van der Waals surface area contributed by atoms with Crippen LogP contribution in [0.3, 0.4) is 0 Å². The molecular formula is C19H18FN3O5S. The number of benzene rings is 1. The second-order valence-electron chi connectivity index (χ2n) is 7.06. The van der Waals surface area contributed by atoms with Crippen molar-refractivity contribution in [1.82, 2.24) is 9.30 Å². The molecule has 2 aromatic heterocycles. The third-order valence-corrected chi connectivity index (χ3v) is 6.18. The van der Waals surface area contributed by atoms with Crippen LogP contribution in [0.25, 0.3) is 15.7 Å². The molecule has 0 amide bonds. The van der Waals surface area contributed by atoms with Crippen molar-refractivity contribution in [2.75, 3.05) is 38.1 Å². The third kappa shape index (κ3) is 3.23. The number of carboxylic acids is 2. The molecule has 1 aromatic carbocycles. The van der Waals surface area contributed by atoms with E-state index in [-0.39, 0.29) is 16.6 Å². The fourth-order valence-corrected chi connectivity index (χ4v) is 4.75. The summed E-state index contributed by atoms with van der Waals surface area (Å²) < 4.78 is 16.4. The Balaban J connectivity index is 2.04. The number of hydrogen-bond donors (Lipinski definition) is 2. The summed E-state index contributed by atoms with van der Waals surface area (Å²) in [6, 6.07) is 2.58. The molecule has 0 spiro atoms. The van der Waals surface area contributed by atoms with Crippen molar-refractivity contribution in [2.45, 2.75) is 6.42 Å². The van der Waals surface area contributed by atoms with E-state index in [2.05, 4.69) is 4.90 Å². The molecule has 0 saturated carbocycles. The zero-order valence-corrected chi connectivity index (χ0v) is 16.3. The van der Waals surface area contributed by atoms with Gasteiger partial charge in [-0.3, -0.25) is 9.59 Å². The molecule has 152 valence electrons. The van der Waals surface area contributed by atoms with Gasteiger partial charge < -0.3 is 24.4 Å². The molecule has 1 aliphatic heterocycles. The molecule has 3 aromatic rings. The minimum atomic E-state index is -1.43. The number of hydrogen-bond acceptors (Lipinski definition) is 6. The smallest absolute Gasteiger partial charge is 0.342 e. The predicted octanol–water partition coefficient (Wildman–Crippen LogP) is 1.73. The molecule has 4 rings (SSSR count). The number of thiazole rings is 1. The highest BCUT2D eigenvalue weighted by Crippen LogP contribution is 2.30. The number of aromatic carboxylic acids is 1. The molecule has 0 unspecified atom stereocenters. The van der Waals surface area contributed by atoms with Gasteiger partial charge in [0.25, 0.3) is 0 Å². The molecule has 0 atom stereocenters. The topological polar surface area (TPSA) is 103 Å². The van der Waals surface area contributed by atoms with Crippen molar-refractivity contribution >= 4 is 44.7 Å². The molecule has 8 nitrogen and oxygen atoms in total. The van der Waals surface area contributed by atoms with Gasteiger partial charge in [0.15, 0.2) is 0 Å². The van der Waals surface area contributed by atoms with Gasteiger partial charge in [0, 0.05) is 37.3 Å². The summed E-state index contributed by atoms with van der Waals surface area (Å²) in [6.07, 6.45) is -0.349. The number of carboxylic acid groups (broad SMARTS) is 2. The average molecular weight is 419 g/mol. The number of aliphatic carboxylic acids is 1. The van der Waals surface area contributed by atoms with Crippen LogP contribution in [-0.2, 0) is 11.2 Å². The van der Waals surface area contributed by atoms with Crippen LogP contribution in [0.2, 0.25) is 0 Å². The summed E-state index contributed by atoms with van der Waals surface area (Å²) in [5.41, 5.74) is -0.302. The Hall–Kier alpha value is -2.98. The van der Waals surface area contributed by atoms with Gasteiger partial charge in [0.05, 0.1) is 23.0 Å². The molecule has 1 aliphatic rings. The first-order valence-electron chi connectivity index (χ1n) is 8.95. The van der Waals surface area contributed by atoms with Crippen LogP contribution in [0.5, 0.6) is 0 Å². The van der Waals surface area contributed by atoms with Crippen LogP contribution >= 0.6 is 11.3 Å². The molecule has 0 bridgehead atoms. The Morgan fingerprint density at radius 2 is 1.86 bits per heavy atom. The Morgan fingerprint density at radius 1 is 1.17 bits per heavy atom. The van der Waals surface area contributed by atoms with Gasteiger partial charge in [0.2, 0.25) is 5.43 Å². The second kappa shape index (κ2) is 7.12. The Kier molecular flexibility index (Phi) is 4.75. The third-order valence-electron chi connectivity index (χ3n) is 5.18. The Morgan fingerprint density at radius 3 is 2.48 bits per heavy atom. The van der Waals surface area contributed by atoms with Crippen molar-refractivity contribution in [3.05, 3.63) is 44.8 Å². The van der Waals surface area contributed by atoms with E-state index in [4.69, 9.17) is 0 Å². The predicted molar refractivity (Wildman–Crippen MR) is 107 cm³/mol. The molecule has 1 saturated heterocycles. The Bertz CT molecular complexity index is 1210. The number of anilines is 1. The maximum atomic E-state index is 14.9. The van der Waals surface area contributed by atoms with Gasteiger partial charge in [-0.2, -0.15) is 0 Å². The molecular weight excluding hydrogens is 401 g/mol. The second-order valence-corrected chi connectivity index (χ2v) is 7.92. The minimum absolute atomic E-state index is 0.0830. The average Bonchev–Trinajstić information content (AvgIpc) is 3.05. The summed E-state index contributed by atoms with van der Waals surface area (Å²) in [5.74, 6) is -3.12. The maximum Gasteiger partial charge on any atom is 0.342 e. The van der Waals surface area contributed by atoms with Crippen LogP contribution in [0.4, 0.5) is 10.1 Å². The van der Waals surface area contributed by atoms with E-state index >= 15 is 0 Å². The maximum absolute atomic E-state index is 14.9. The zero-order valence-electron chi connectivity index (χ0n) is 15.5. The summed E-state index contributed by atoms with van der Waals surface area (Å²) in [6.45, 7) is 2.73. The first kappa shape index (κ1) is 19.3. The highest BCUT2D eigenvalue weighted by Gasteiger charge is 2.25. The molecule has 1 fully saturated rings. The van der Waals surface area contributed by atoms with Crippen molar-refractivity contribution in [1.29, 1.82) is 0 Å². The molecule has 3 heterocycles. The van der Waals surface area contributed by atoms with Crippen LogP contribution in [-0.4, -0.2) is 64.7 Å². The van der Waals surface area contributed by atoms with Gasteiger partial charge in [-0.1, -0.05) is 0 Å². The first-order chi connectivity index (χ1) is 13.8. The van der Waals surface area contributed by atoms with Gasteiger partial charge in [-0.05, 0) is 19.2 Å². The molecule has 0 aliphatic carbocycles. The van der Waals surface area contributed by atoms with Crippen LogP contribution < -0.4 is 10.3 Å². The highest BCUT2D eigenvalue weighted by molar-refractivity contribution is 7.16. The number of aromatic nitrogens is 1. The summed E-state index contributed by atoms with van der Waals surface area (Å²) >= 11 is 0.991. The lowest BCUT2D eigenvalue weighted by atomic mass is 10.1. The number of rotatable bonds is 4. The Labute approximate surface area is 168 Å². The van der Waals surface area contributed by atoms with E-state index in [1.807, 2.05) is 11.9 Å². The van der Waals surface area contributed by atoms with Crippen LogP contribution in [0.1, 0.15) is 16.1 Å². The molecule has 0 radical (unpaired) electrons. The number of fused-ring (bicyclic) bond motifs is 3. The van der Waals surface area contributed by atoms with Crippen molar-refractivity contribution < 1.29 is 24.2 Å². The fourth-order valence-electron chi connectivity index (χ4n) is 3.70. The number of pyridine rings is 1. The number of nitrogens with zero attached hydrogens (tertiary/aromatic N) is 3. The SMILES string of the molecule is CN1CCN(c2cc3c(cc2F)c(=O)c(C(=O)O)c2scc(CC(=O)O)n23)CC1. The van der Waals surface area contributed by atoms with E-state index < -0.39 is 28.7 Å². The summed E-state index contributed by atoms with van der Waals surface area (Å²) in [7, 11) is 1.98. The lowest BCUT2D eigenvalue weighted by Gasteiger charge is -2.34. The minimum Gasteiger partial charge on any atom is -0.481 e. The van der Waals surface area contributed by atoms with Crippen molar-refractivity contribution in [3.63, 3.8) is 0 Å². The zero-order chi connectivity index (χ0) is 20.9. The number of carbonyl (C=O) groups is 2. The quantitative estimate of drug-likeness (QED) is 0.664. The van der Waals surface area contributed by atoms with Crippen molar-refractivity contribution in [3.8, 4) is 0 Å². The van der Waals surface area contributed by atoms with E-state index in [0.717, 1.165) is 30.5 Å². The lowest BCUT2D eigenvalue weighted by molar-refractivity contribution is -0.136. The largest absolute Gasteiger partial charge is 0.481 e. The summed E-state index contributed by atoms with van der Waals surface area (Å²) in [5, 5.41) is 20.2. The normalized spacial score (nSPS) is 15.3. The van der Waals surface area contributed by atoms with Gasteiger partial charge in [-0.25, -0.2) is 9.18 Å². The van der Waals surface area contributed by atoms with E-state index in [9.17, 15) is 29.0 Å². The van der Waals surface area contributed by atoms with Crippen LogP contribution in [0.15, 0.2) is 22.3 Å². The first-order valence-corrected chi connectivity index (χ1v) is 9.83.